The summed E-state index contributed by atoms with van der Waals surface area (Å²) in [6.07, 6.45) is 2.36. The Morgan fingerprint density at radius 2 is 1.68 bits per heavy atom. The molecule has 3 rings (SSSR count). The summed E-state index contributed by atoms with van der Waals surface area (Å²) in [7, 11) is 0. The Morgan fingerprint density at radius 1 is 1.07 bits per heavy atom. The number of aliphatic hydroxyl groups is 1. The minimum absolute atomic E-state index is 0.165. The van der Waals surface area contributed by atoms with E-state index in [0.29, 0.717) is 43.2 Å². The fourth-order valence-corrected chi connectivity index (χ4v) is 4.11. The van der Waals surface area contributed by atoms with Gasteiger partial charge in [0.2, 0.25) is 0 Å². The summed E-state index contributed by atoms with van der Waals surface area (Å²) in [5, 5.41) is 9.30. The average molecular weight is 388 g/mol. The van der Waals surface area contributed by atoms with Gasteiger partial charge < -0.3 is 9.84 Å². The predicted octanol–water partition coefficient (Wildman–Crippen LogP) is 4.58. The summed E-state index contributed by atoms with van der Waals surface area (Å²) in [5.41, 5.74) is 0.849. The number of carbonyl (C=O) groups excluding carboxylic acids is 1. The minimum Gasteiger partial charge on any atom is -0.371 e. The van der Waals surface area contributed by atoms with Gasteiger partial charge >= 0.3 is 0 Å². The molecule has 0 amide bonds. The van der Waals surface area contributed by atoms with E-state index in [0.717, 1.165) is 5.56 Å². The van der Waals surface area contributed by atoms with Gasteiger partial charge in [0.1, 0.15) is 24.2 Å². The fourth-order valence-electron chi connectivity index (χ4n) is 4.11. The van der Waals surface area contributed by atoms with Crippen LogP contribution in [-0.4, -0.2) is 23.3 Å². The van der Waals surface area contributed by atoms with E-state index in [1.54, 1.807) is 0 Å². The molecule has 1 aliphatic carbocycles. The van der Waals surface area contributed by atoms with E-state index < -0.39 is 24.0 Å². The molecule has 0 heterocycles. The van der Waals surface area contributed by atoms with Crippen LogP contribution in [0.15, 0.2) is 42.5 Å². The molecule has 0 saturated heterocycles. The lowest BCUT2D eigenvalue weighted by Crippen LogP contribution is -2.44. The zero-order valence-electron chi connectivity index (χ0n) is 16.1. The highest BCUT2D eigenvalue weighted by Crippen LogP contribution is 2.38. The third-order valence-corrected chi connectivity index (χ3v) is 5.88. The molecule has 1 saturated carbocycles. The van der Waals surface area contributed by atoms with Gasteiger partial charge in [0.25, 0.3) is 0 Å². The normalized spacial score (nSPS) is 17.5. The monoisotopic (exact) mass is 388 g/mol. The molecule has 1 aliphatic rings. The number of hydrogen-bond acceptors (Lipinski definition) is 3. The van der Waals surface area contributed by atoms with Crippen molar-refractivity contribution in [3.63, 3.8) is 0 Å². The van der Waals surface area contributed by atoms with Crippen molar-refractivity contribution in [3.05, 3.63) is 70.8 Å². The van der Waals surface area contributed by atoms with Crippen molar-refractivity contribution >= 4 is 5.78 Å². The molecule has 2 aromatic rings. The number of benzene rings is 2. The van der Waals surface area contributed by atoms with E-state index >= 15 is 0 Å². The second-order valence-corrected chi connectivity index (χ2v) is 7.68. The van der Waals surface area contributed by atoms with Crippen LogP contribution in [-0.2, 0) is 22.4 Å². The highest BCUT2D eigenvalue weighted by atomic mass is 19.1. The number of Topliss-reactive ketones (excluding diaryl/α,β-unsaturated/α-hetero) is 1. The van der Waals surface area contributed by atoms with Crippen molar-refractivity contribution in [2.24, 2.45) is 5.92 Å². The molecule has 0 aliphatic heterocycles. The summed E-state index contributed by atoms with van der Waals surface area (Å²) >= 11 is 0. The van der Waals surface area contributed by atoms with E-state index in [2.05, 4.69) is 0 Å². The van der Waals surface area contributed by atoms with Crippen molar-refractivity contribution in [1.29, 1.82) is 0 Å². The molecule has 28 heavy (non-hydrogen) atoms. The maximum atomic E-state index is 14.7. The first-order valence-corrected chi connectivity index (χ1v) is 9.71. The SMILES string of the molecule is CC(Cc1cc(F)c(Cc2ccccc2)cc1F)C1(OCO)CCC(=O)CC1. The van der Waals surface area contributed by atoms with Gasteiger partial charge in [-0.05, 0) is 54.0 Å². The van der Waals surface area contributed by atoms with Gasteiger partial charge in [-0.3, -0.25) is 4.79 Å². The maximum absolute atomic E-state index is 14.7. The molecule has 5 heteroatoms. The Labute approximate surface area is 164 Å². The standard InChI is InChI=1S/C23H26F2O3/c1-16(23(28-15-26)9-7-20(27)8-10-23)11-18-13-22(25)19(14-21(18)24)12-17-5-3-2-4-6-17/h2-6,13-14,16,26H,7-12,15H2,1H3. The number of halogens is 2. The van der Waals surface area contributed by atoms with Crippen molar-refractivity contribution in [3.8, 4) is 0 Å². The van der Waals surface area contributed by atoms with E-state index in [1.807, 2.05) is 37.3 Å². The Hall–Kier alpha value is -2.11. The van der Waals surface area contributed by atoms with Gasteiger partial charge in [0.15, 0.2) is 0 Å². The van der Waals surface area contributed by atoms with Gasteiger partial charge in [-0.1, -0.05) is 37.3 Å². The van der Waals surface area contributed by atoms with E-state index in [4.69, 9.17) is 4.74 Å². The molecule has 0 aromatic heterocycles. The summed E-state index contributed by atoms with van der Waals surface area (Å²) in [4.78, 5) is 11.6. The molecule has 150 valence electrons. The van der Waals surface area contributed by atoms with Crippen LogP contribution in [0.5, 0.6) is 0 Å². The molecule has 2 aromatic carbocycles. The first-order chi connectivity index (χ1) is 13.4. The summed E-state index contributed by atoms with van der Waals surface area (Å²) in [6.45, 7) is 1.45. The number of ether oxygens (including phenoxy) is 1. The summed E-state index contributed by atoms with van der Waals surface area (Å²) in [5.74, 6) is -0.859. The highest BCUT2D eigenvalue weighted by Gasteiger charge is 2.40. The quantitative estimate of drug-likeness (QED) is 0.706. The van der Waals surface area contributed by atoms with Crippen LogP contribution >= 0.6 is 0 Å². The molecule has 3 nitrogen and oxygen atoms in total. The molecule has 1 atom stereocenters. The average Bonchev–Trinajstić information content (AvgIpc) is 2.68. The molecule has 1 N–H and O–H groups in total. The molecule has 0 radical (unpaired) electrons. The van der Waals surface area contributed by atoms with E-state index in [9.17, 15) is 18.7 Å². The molecule has 0 spiro atoms. The van der Waals surface area contributed by atoms with Gasteiger partial charge in [-0.15, -0.1) is 0 Å². The Bertz CT molecular complexity index is 810. The van der Waals surface area contributed by atoms with Crippen molar-refractivity contribution < 1.29 is 23.4 Å². The number of hydrogen-bond donors (Lipinski definition) is 1. The lowest BCUT2D eigenvalue weighted by molar-refractivity contribution is -0.164. The molecular formula is C23H26F2O3. The molecular weight excluding hydrogens is 362 g/mol. The lowest BCUT2D eigenvalue weighted by atomic mass is 9.73. The van der Waals surface area contributed by atoms with Crippen molar-refractivity contribution in [2.75, 3.05) is 6.79 Å². The Balaban J connectivity index is 1.77. The second kappa shape index (κ2) is 8.93. The van der Waals surface area contributed by atoms with Gasteiger partial charge in [-0.25, -0.2) is 8.78 Å². The maximum Gasteiger partial charge on any atom is 0.144 e. The number of carbonyl (C=O) groups is 1. The number of rotatable bonds is 7. The number of aliphatic hydroxyl groups excluding tert-OH is 1. The van der Waals surface area contributed by atoms with Crippen molar-refractivity contribution in [1.82, 2.24) is 0 Å². The summed E-state index contributed by atoms with van der Waals surface area (Å²) in [6, 6.07) is 11.9. The molecule has 0 bridgehead atoms. The minimum atomic E-state index is -0.686. The first-order valence-electron chi connectivity index (χ1n) is 9.71. The van der Waals surface area contributed by atoms with Crippen LogP contribution in [0, 0.1) is 17.6 Å². The largest absolute Gasteiger partial charge is 0.371 e. The number of ketones is 1. The van der Waals surface area contributed by atoms with Crippen LogP contribution in [0.2, 0.25) is 0 Å². The lowest BCUT2D eigenvalue weighted by Gasteiger charge is -2.41. The van der Waals surface area contributed by atoms with Gasteiger partial charge in [0.05, 0.1) is 5.60 Å². The zero-order valence-corrected chi connectivity index (χ0v) is 16.1. The second-order valence-electron chi connectivity index (χ2n) is 7.68. The van der Waals surface area contributed by atoms with Crippen LogP contribution < -0.4 is 0 Å². The first kappa shape index (κ1) is 20.6. The fraction of sp³-hybridized carbons (Fsp3) is 0.435. The molecule has 1 fully saturated rings. The van der Waals surface area contributed by atoms with Gasteiger partial charge in [-0.2, -0.15) is 0 Å². The van der Waals surface area contributed by atoms with Crippen LogP contribution in [0.4, 0.5) is 8.78 Å². The van der Waals surface area contributed by atoms with E-state index in [1.165, 1.54) is 12.1 Å². The Morgan fingerprint density at radius 3 is 2.32 bits per heavy atom. The smallest absolute Gasteiger partial charge is 0.144 e. The van der Waals surface area contributed by atoms with Crippen LogP contribution in [0.3, 0.4) is 0 Å². The van der Waals surface area contributed by atoms with E-state index in [-0.39, 0.29) is 18.1 Å². The highest BCUT2D eigenvalue weighted by molar-refractivity contribution is 5.79. The van der Waals surface area contributed by atoms with Crippen LogP contribution in [0.25, 0.3) is 0 Å². The third-order valence-electron chi connectivity index (χ3n) is 5.88. The Kier molecular flexibility index (Phi) is 6.57. The zero-order chi connectivity index (χ0) is 20.1. The summed E-state index contributed by atoms with van der Waals surface area (Å²) < 4.78 is 35.0. The van der Waals surface area contributed by atoms with Crippen LogP contribution in [0.1, 0.15) is 49.3 Å². The molecule has 1 unspecified atom stereocenters. The van der Waals surface area contributed by atoms with Gasteiger partial charge in [0, 0.05) is 19.3 Å². The topological polar surface area (TPSA) is 46.5 Å². The third kappa shape index (κ3) is 4.65. The predicted molar refractivity (Wildman–Crippen MR) is 103 cm³/mol. The van der Waals surface area contributed by atoms with Crippen molar-refractivity contribution in [2.45, 2.75) is 51.0 Å².